The number of aromatic nitrogens is 1. The number of rotatable bonds is 7. The molecule has 2 N–H and O–H groups in total. The predicted molar refractivity (Wildman–Crippen MR) is 115 cm³/mol. The van der Waals surface area contributed by atoms with Crippen LogP contribution in [0.25, 0.3) is 0 Å². The molecule has 1 saturated heterocycles. The van der Waals surface area contributed by atoms with Crippen LogP contribution in [0.15, 0.2) is 34.7 Å². The van der Waals surface area contributed by atoms with Crippen LogP contribution in [-0.4, -0.2) is 53.6 Å². The van der Waals surface area contributed by atoms with E-state index in [9.17, 15) is 9.59 Å². The van der Waals surface area contributed by atoms with E-state index in [1.54, 1.807) is 17.3 Å². The Labute approximate surface area is 174 Å². The van der Waals surface area contributed by atoms with Crippen LogP contribution in [0.3, 0.4) is 0 Å². The van der Waals surface area contributed by atoms with Crippen molar-refractivity contribution in [2.75, 3.05) is 31.2 Å². The lowest BCUT2D eigenvalue weighted by molar-refractivity contribution is -0.116. The molecule has 0 unspecified atom stereocenters. The van der Waals surface area contributed by atoms with Crippen molar-refractivity contribution in [3.05, 3.63) is 40.3 Å². The van der Waals surface area contributed by atoms with Crippen LogP contribution in [0, 0.1) is 6.92 Å². The smallest absolute Gasteiger partial charge is 0.263 e. The first kappa shape index (κ1) is 20.8. The van der Waals surface area contributed by atoms with Crippen molar-refractivity contribution in [2.24, 2.45) is 0 Å². The molecule has 0 aliphatic carbocycles. The highest BCUT2D eigenvalue weighted by Gasteiger charge is 2.22. The minimum atomic E-state index is -0.0229. The number of aryl methyl sites for hydroxylation is 1. The number of piperidine rings is 1. The number of anilines is 1. The number of thioether (sulfide) groups is 1. The van der Waals surface area contributed by atoms with Crippen LogP contribution in [0.4, 0.5) is 5.69 Å². The van der Waals surface area contributed by atoms with Gasteiger partial charge in [0, 0.05) is 37.0 Å². The van der Waals surface area contributed by atoms with Gasteiger partial charge in [0.25, 0.3) is 5.91 Å². The monoisotopic (exact) mass is 418 g/mol. The lowest BCUT2D eigenvalue weighted by Crippen LogP contribution is -2.45. The first-order chi connectivity index (χ1) is 13.6. The molecule has 3 rings (SSSR count). The number of likely N-dealkylation sites (tertiary alicyclic amines) is 1. The molecule has 0 saturated carbocycles. The molecule has 1 aromatic carbocycles. The first-order valence-electron chi connectivity index (χ1n) is 9.43. The van der Waals surface area contributed by atoms with Crippen LogP contribution < -0.4 is 10.6 Å². The van der Waals surface area contributed by atoms with E-state index < -0.39 is 0 Å². The van der Waals surface area contributed by atoms with Gasteiger partial charge in [-0.1, -0.05) is 12.1 Å². The maximum absolute atomic E-state index is 12.3. The number of hydrogen-bond acceptors (Lipinski definition) is 6. The summed E-state index contributed by atoms with van der Waals surface area (Å²) < 4.78 is 0. The van der Waals surface area contributed by atoms with Gasteiger partial charge in [-0.15, -0.1) is 23.1 Å². The van der Waals surface area contributed by atoms with E-state index in [4.69, 9.17) is 0 Å². The van der Waals surface area contributed by atoms with Crippen molar-refractivity contribution in [1.82, 2.24) is 15.2 Å². The SMILES string of the molecule is CSc1ccccc1NC(=O)CCN1CCC(NC(=O)c2scnc2C)CC1. The summed E-state index contributed by atoms with van der Waals surface area (Å²) in [5, 5.41) is 6.12. The summed E-state index contributed by atoms with van der Waals surface area (Å²) in [6.07, 6.45) is 4.28. The van der Waals surface area contributed by atoms with E-state index in [0.29, 0.717) is 11.3 Å². The van der Waals surface area contributed by atoms with Gasteiger partial charge < -0.3 is 15.5 Å². The van der Waals surface area contributed by atoms with Crippen molar-refractivity contribution < 1.29 is 9.59 Å². The third kappa shape index (κ3) is 5.56. The fraction of sp³-hybridized carbons (Fsp3) is 0.450. The molecule has 28 heavy (non-hydrogen) atoms. The van der Waals surface area contributed by atoms with E-state index in [1.165, 1.54) is 11.3 Å². The van der Waals surface area contributed by atoms with Gasteiger partial charge in [0.15, 0.2) is 0 Å². The maximum Gasteiger partial charge on any atom is 0.263 e. The molecular formula is C20H26N4O2S2. The normalized spacial score (nSPS) is 15.4. The van der Waals surface area contributed by atoms with Gasteiger partial charge >= 0.3 is 0 Å². The number of hydrogen-bond donors (Lipinski definition) is 2. The Kier molecular flexibility index (Phi) is 7.47. The molecule has 1 aliphatic heterocycles. The van der Waals surface area contributed by atoms with E-state index in [2.05, 4.69) is 20.5 Å². The summed E-state index contributed by atoms with van der Waals surface area (Å²) in [6.45, 7) is 4.38. The first-order valence-corrected chi connectivity index (χ1v) is 11.5. The Balaban J connectivity index is 1.39. The number of carbonyl (C=O) groups excluding carboxylic acids is 2. The largest absolute Gasteiger partial charge is 0.348 e. The minimum Gasteiger partial charge on any atom is -0.348 e. The standard InChI is InChI=1S/C20H26N4O2S2/c1-14-19(28-13-21-14)20(26)22-15-7-10-24(11-8-15)12-9-18(25)23-16-5-3-4-6-17(16)27-2/h3-6,13,15H,7-12H2,1-2H3,(H,22,26)(H,23,25). The molecule has 0 radical (unpaired) electrons. The number of nitrogens with zero attached hydrogens (tertiary/aromatic N) is 2. The van der Waals surface area contributed by atoms with Crippen LogP contribution in [0.1, 0.15) is 34.6 Å². The Hall–Kier alpha value is -1.90. The summed E-state index contributed by atoms with van der Waals surface area (Å²) in [5.41, 5.74) is 3.36. The van der Waals surface area contributed by atoms with Crippen LogP contribution in [-0.2, 0) is 4.79 Å². The van der Waals surface area contributed by atoms with Gasteiger partial charge in [0.1, 0.15) is 4.88 Å². The van der Waals surface area contributed by atoms with Gasteiger partial charge in [0.05, 0.1) is 16.9 Å². The highest BCUT2D eigenvalue weighted by Crippen LogP contribution is 2.24. The number of carbonyl (C=O) groups is 2. The summed E-state index contributed by atoms with van der Waals surface area (Å²) in [7, 11) is 0. The van der Waals surface area contributed by atoms with Crippen LogP contribution >= 0.6 is 23.1 Å². The quantitative estimate of drug-likeness (QED) is 0.674. The van der Waals surface area contributed by atoms with Gasteiger partial charge in [-0.25, -0.2) is 4.98 Å². The zero-order valence-electron chi connectivity index (χ0n) is 16.2. The topological polar surface area (TPSA) is 74.3 Å². The van der Waals surface area contributed by atoms with Crippen molar-refractivity contribution in [3.8, 4) is 0 Å². The van der Waals surface area contributed by atoms with Crippen molar-refractivity contribution in [3.63, 3.8) is 0 Å². The molecule has 150 valence electrons. The third-order valence-corrected chi connectivity index (χ3v) is 6.63. The molecule has 0 bridgehead atoms. The van der Waals surface area contributed by atoms with Crippen molar-refractivity contribution >= 4 is 40.6 Å². The average molecular weight is 419 g/mol. The number of nitrogens with one attached hydrogen (secondary N) is 2. The van der Waals surface area contributed by atoms with Gasteiger partial charge in [-0.3, -0.25) is 9.59 Å². The molecule has 1 fully saturated rings. The zero-order valence-corrected chi connectivity index (χ0v) is 17.9. The minimum absolute atomic E-state index is 0.0229. The van der Waals surface area contributed by atoms with Crippen LogP contribution in [0.2, 0.25) is 0 Å². The van der Waals surface area contributed by atoms with E-state index >= 15 is 0 Å². The number of para-hydroxylation sites is 1. The molecule has 6 nitrogen and oxygen atoms in total. The molecule has 2 aromatic rings. The Morgan fingerprint density at radius 3 is 2.71 bits per heavy atom. The van der Waals surface area contributed by atoms with Gasteiger partial charge in [-0.05, 0) is 38.2 Å². The van der Waals surface area contributed by atoms with E-state index in [-0.39, 0.29) is 17.9 Å². The lowest BCUT2D eigenvalue weighted by Gasteiger charge is -2.32. The Morgan fingerprint density at radius 2 is 2.04 bits per heavy atom. The molecule has 0 spiro atoms. The highest BCUT2D eigenvalue weighted by molar-refractivity contribution is 7.98. The Morgan fingerprint density at radius 1 is 1.29 bits per heavy atom. The molecular weight excluding hydrogens is 392 g/mol. The fourth-order valence-electron chi connectivity index (χ4n) is 3.29. The second kappa shape index (κ2) is 10.0. The Bertz CT molecular complexity index is 816. The predicted octanol–water partition coefficient (Wildman–Crippen LogP) is 3.40. The zero-order chi connectivity index (χ0) is 19.9. The van der Waals surface area contributed by atoms with Crippen LogP contribution in [0.5, 0.6) is 0 Å². The summed E-state index contributed by atoms with van der Waals surface area (Å²) >= 11 is 3.01. The highest BCUT2D eigenvalue weighted by atomic mass is 32.2. The van der Waals surface area contributed by atoms with Gasteiger partial charge in [-0.2, -0.15) is 0 Å². The molecule has 1 aromatic heterocycles. The van der Waals surface area contributed by atoms with Crippen molar-refractivity contribution in [2.45, 2.75) is 37.1 Å². The molecule has 2 heterocycles. The number of thiazole rings is 1. The van der Waals surface area contributed by atoms with E-state index in [0.717, 1.165) is 48.8 Å². The van der Waals surface area contributed by atoms with E-state index in [1.807, 2.05) is 37.4 Å². The average Bonchev–Trinajstić information content (AvgIpc) is 3.14. The third-order valence-electron chi connectivity index (χ3n) is 4.91. The molecule has 0 atom stereocenters. The molecule has 2 amide bonds. The fourth-order valence-corrected chi connectivity index (χ4v) is 4.55. The second-order valence-corrected chi connectivity index (χ2v) is 8.56. The second-order valence-electron chi connectivity index (χ2n) is 6.85. The maximum atomic E-state index is 12.3. The summed E-state index contributed by atoms with van der Waals surface area (Å²) in [6, 6.07) is 8.03. The van der Waals surface area contributed by atoms with Crippen molar-refractivity contribution in [1.29, 1.82) is 0 Å². The summed E-state index contributed by atoms with van der Waals surface area (Å²) in [5.74, 6) is 0.0166. The lowest BCUT2D eigenvalue weighted by atomic mass is 10.0. The number of amides is 2. The number of benzene rings is 1. The summed E-state index contributed by atoms with van der Waals surface area (Å²) in [4.78, 5) is 32.8. The van der Waals surface area contributed by atoms with Gasteiger partial charge in [0.2, 0.25) is 5.91 Å². The molecule has 8 heteroatoms. The molecule has 1 aliphatic rings.